The lowest BCUT2D eigenvalue weighted by Crippen LogP contribution is -2.14. The molecule has 0 aliphatic rings. The van der Waals surface area contributed by atoms with E-state index in [-0.39, 0.29) is 5.69 Å². The van der Waals surface area contributed by atoms with Crippen LogP contribution < -0.4 is 0 Å². The van der Waals surface area contributed by atoms with Crippen molar-refractivity contribution < 1.29 is 9.34 Å². The fourth-order valence-electron chi connectivity index (χ4n) is 1.45. The van der Waals surface area contributed by atoms with E-state index in [0.29, 0.717) is 16.7 Å². The van der Waals surface area contributed by atoms with Gasteiger partial charge in [0, 0.05) is 30.0 Å². The molecule has 0 saturated carbocycles. The molecule has 0 unspecified atom stereocenters. The Labute approximate surface area is 120 Å². The van der Waals surface area contributed by atoms with Crippen LogP contribution in [0.4, 0.5) is 5.69 Å². The lowest BCUT2D eigenvalue weighted by Gasteiger charge is -2.06. The topological polar surface area (TPSA) is 85.3 Å². The molecule has 20 heavy (non-hydrogen) atoms. The summed E-state index contributed by atoms with van der Waals surface area (Å²) in [5.41, 5.74) is 0.550. The van der Waals surface area contributed by atoms with E-state index in [1.807, 2.05) is 14.1 Å². The Morgan fingerprint density at radius 2 is 2.20 bits per heavy atom. The van der Waals surface area contributed by atoms with Gasteiger partial charge in [-0.25, -0.2) is 0 Å². The number of benzene rings is 1. The fourth-order valence-corrected chi connectivity index (χ4v) is 2.32. The van der Waals surface area contributed by atoms with Gasteiger partial charge in [-0.3, -0.25) is 10.1 Å². The van der Waals surface area contributed by atoms with Crippen molar-refractivity contribution in [3.05, 3.63) is 34.4 Å². The molecule has 2 aromatic rings. The molecule has 0 fully saturated rings. The highest BCUT2D eigenvalue weighted by atomic mass is 32.2. The van der Waals surface area contributed by atoms with E-state index in [9.17, 15) is 10.1 Å². The molecule has 0 spiro atoms. The highest BCUT2D eigenvalue weighted by molar-refractivity contribution is 7.99. The predicted molar refractivity (Wildman–Crippen MR) is 75.7 cm³/mol. The van der Waals surface area contributed by atoms with Crippen LogP contribution in [0.2, 0.25) is 0 Å². The van der Waals surface area contributed by atoms with Crippen molar-refractivity contribution in [3.8, 4) is 11.5 Å². The molecule has 1 aromatic heterocycles. The average molecular weight is 294 g/mol. The number of hydrogen-bond donors (Lipinski definition) is 0. The quantitative estimate of drug-likeness (QED) is 0.459. The number of nitro groups is 1. The summed E-state index contributed by atoms with van der Waals surface area (Å²) < 4.78 is 5.49. The van der Waals surface area contributed by atoms with Crippen LogP contribution in [-0.4, -0.2) is 46.4 Å². The van der Waals surface area contributed by atoms with E-state index >= 15 is 0 Å². The Kier molecular flexibility index (Phi) is 4.70. The monoisotopic (exact) mass is 294 g/mol. The van der Waals surface area contributed by atoms with Gasteiger partial charge >= 0.3 is 0 Å². The average Bonchev–Trinajstić information content (AvgIpc) is 2.87. The molecule has 8 heteroatoms. The Morgan fingerprint density at radius 3 is 2.90 bits per heavy atom. The first-order valence-electron chi connectivity index (χ1n) is 5.92. The van der Waals surface area contributed by atoms with Crippen LogP contribution in [-0.2, 0) is 0 Å². The zero-order valence-electron chi connectivity index (χ0n) is 11.1. The normalized spacial score (nSPS) is 10.9. The Balaban J connectivity index is 2.08. The second kappa shape index (κ2) is 6.49. The van der Waals surface area contributed by atoms with Crippen molar-refractivity contribution in [3.63, 3.8) is 0 Å². The van der Waals surface area contributed by atoms with Crippen LogP contribution >= 0.6 is 11.8 Å². The summed E-state index contributed by atoms with van der Waals surface area (Å²) in [5.74, 6) is 1.13. The Bertz CT molecular complexity index is 600. The Morgan fingerprint density at radius 1 is 1.40 bits per heavy atom. The first-order chi connectivity index (χ1) is 9.56. The van der Waals surface area contributed by atoms with Crippen molar-refractivity contribution in [2.24, 2.45) is 0 Å². The van der Waals surface area contributed by atoms with E-state index in [1.54, 1.807) is 12.1 Å². The lowest BCUT2D eigenvalue weighted by atomic mass is 10.2. The molecule has 1 aromatic carbocycles. The number of aromatic nitrogens is 2. The van der Waals surface area contributed by atoms with Gasteiger partial charge in [-0.15, -0.1) is 10.2 Å². The van der Waals surface area contributed by atoms with Crippen LogP contribution in [0.3, 0.4) is 0 Å². The second-order valence-electron chi connectivity index (χ2n) is 4.33. The van der Waals surface area contributed by atoms with E-state index < -0.39 is 4.92 Å². The molecule has 0 bridgehead atoms. The van der Waals surface area contributed by atoms with Gasteiger partial charge in [-0.2, -0.15) is 0 Å². The van der Waals surface area contributed by atoms with Crippen LogP contribution in [0, 0.1) is 10.1 Å². The molecule has 7 nitrogen and oxygen atoms in total. The maximum atomic E-state index is 10.7. The summed E-state index contributed by atoms with van der Waals surface area (Å²) in [4.78, 5) is 12.3. The van der Waals surface area contributed by atoms with Gasteiger partial charge in [0.15, 0.2) is 0 Å². The smallest absolute Gasteiger partial charge is 0.276 e. The van der Waals surface area contributed by atoms with E-state index in [4.69, 9.17) is 4.42 Å². The maximum Gasteiger partial charge on any atom is 0.276 e. The zero-order valence-corrected chi connectivity index (χ0v) is 12.0. The molecular weight excluding hydrogens is 280 g/mol. The second-order valence-corrected chi connectivity index (χ2v) is 5.38. The molecule has 0 amide bonds. The van der Waals surface area contributed by atoms with Gasteiger partial charge in [0.05, 0.1) is 4.92 Å². The number of thioether (sulfide) groups is 1. The third-order valence-electron chi connectivity index (χ3n) is 2.47. The minimum absolute atomic E-state index is 0.00232. The van der Waals surface area contributed by atoms with Gasteiger partial charge in [0.2, 0.25) is 5.89 Å². The Hall–Kier alpha value is -1.93. The number of rotatable bonds is 6. The van der Waals surface area contributed by atoms with Gasteiger partial charge in [-0.1, -0.05) is 17.8 Å². The highest BCUT2D eigenvalue weighted by Crippen LogP contribution is 2.25. The number of non-ortho nitro benzene ring substituents is 1. The number of nitro benzene ring substituents is 1. The number of hydrogen-bond acceptors (Lipinski definition) is 7. The molecule has 0 saturated heterocycles. The van der Waals surface area contributed by atoms with Gasteiger partial charge in [0.25, 0.3) is 10.9 Å². The van der Waals surface area contributed by atoms with Crippen molar-refractivity contribution >= 4 is 17.4 Å². The fraction of sp³-hybridized carbons (Fsp3) is 0.333. The van der Waals surface area contributed by atoms with Gasteiger partial charge in [0.1, 0.15) is 0 Å². The highest BCUT2D eigenvalue weighted by Gasteiger charge is 2.12. The maximum absolute atomic E-state index is 10.7. The van der Waals surface area contributed by atoms with E-state index in [2.05, 4.69) is 15.1 Å². The molecule has 0 atom stereocenters. The SMILES string of the molecule is CN(C)CCSc1nnc(-c2cccc([N+](=O)[O-])c2)o1. The van der Waals surface area contributed by atoms with E-state index in [0.717, 1.165) is 12.3 Å². The molecule has 2 rings (SSSR count). The van der Waals surface area contributed by atoms with Gasteiger partial charge in [-0.05, 0) is 20.2 Å². The van der Waals surface area contributed by atoms with Crippen molar-refractivity contribution in [2.75, 3.05) is 26.4 Å². The van der Waals surface area contributed by atoms with Crippen LogP contribution in [0.1, 0.15) is 0 Å². The predicted octanol–water partition coefficient (Wildman–Crippen LogP) is 2.30. The molecule has 0 aliphatic heterocycles. The first-order valence-corrected chi connectivity index (χ1v) is 6.90. The van der Waals surface area contributed by atoms with Crippen molar-refractivity contribution in [1.82, 2.24) is 15.1 Å². The lowest BCUT2D eigenvalue weighted by molar-refractivity contribution is -0.384. The summed E-state index contributed by atoms with van der Waals surface area (Å²) in [5, 5.41) is 19.0. The molecule has 0 aliphatic carbocycles. The zero-order chi connectivity index (χ0) is 14.5. The minimum Gasteiger partial charge on any atom is -0.411 e. The van der Waals surface area contributed by atoms with Crippen molar-refractivity contribution in [1.29, 1.82) is 0 Å². The summed E-state index contributed by atoms with van der Waals surface area (Å²) in [6, 6.07) is 6.14. The summed E-state index contributed by atoms with van der Waals surface area (Å²) in [6.07, 6.45) is 0. The van der Waals surface area contributed by atoms with Crippen LogP contribution in [0.5, 0.6) is 0 Å². The standard InChI is InChI=1S/C12H14N4O3S/c1-15(2)6-7-20-12-14-13-11(19-12)9-4-3-5-10(8-9)16(17)18/h3-5,8H,6-7H2,1-2H3. The summed E-state index contributed by atoms with van der Waals surface area (Å²) >= 11 is 1.46. The van der Waals surface area contributed by atoms with Gasteiger partial charge < -0.3 is 9.32 Å². The summed E-state index contributed by atoms with van der Waals surface area (Å²) in [6.45, 7) is 0.902. The third kappa shape index (κ3) is 3.78. The molecular formula is C12H14N4O3S. The minimum atomic E-state index is -0.452. The summed E-state index contributed by atoms with van der Waals surface area (Å²) in [7, 11) is 3.98. The van der Waals surface area contributed by atoms with E-state index in [1.165, 1.54) is 23.9 Å². The molecule has 106 valence electrons. The van der Waals surface area contributed by atoms with Crippen molar-refractivity contribution in [2.45, 2.75) is 5.22 Å². The third-order valence-corrected chi connectivity index (χ3v) is 3.27. The molecule has 1 heterocycles. The molecule has 0 radical (unpaired) electrons. The number of nitrogens with zero attached hydrogens (tertiary/aromatic N) is 4. The van der Waals surface area contributed by atoms with Crippen LogP contribution in [0.25, 0.3) is 11.5 Å². The largest absolute Gasteiger partial charge is 0.411 e. The van der Waals surface area contributed by atoms with Crippen LogP contribution in [0.15, 0.2) is 33.9 Å². The first kappa shape index (κ1) is 14.5. The molecule has 0 N–H and O–H groups in total.